The first kappa shape index (κ1) is 30.6. The minimum absolute atomic E-state index is 0.668. The Morgan fingerprint density at radius 1 is 0.352 bits per heavy atom. The van der Waals surface area contributed by atoms with Crippen LogP contribution in [0.25, 0.3) is 82.5 Å². The Kier molecular flexibility index (Phi) is 6.82. The molecule has 54 heavy (non-hydrogen) atoms. The Labute approximate surface area is 315 Å². The van der Waals surface area contributed by atoms with Crippen LogP contribution in [0.4, 0.5) is 0 Å². The van der Waals surface area contributed by atoms with Crippen LogP contribution in [0.15, 0.2) is 192 Å². The Hall–Kier alpha value is -7.00. The first-order chi connectivity index (χ1) is 26.8. The van der Waals surface area contributed by atoms with E-state index in [9.17, 15) is 5.26 Å². The fourth-order valence-corrected chi connectivity index (χ4v) is 9.28. The van der Waals surface area contributed by atoms with E-state index in [1.54, 1.807) is 11.8 Å². The van der Waals surface area contributed by atoms with Gasteiger partial charge in [-0.15, -0.1) is 0 Å². The molecule has 0 aliphatic rings. The van der Waals surface area contributed by atoms with Crippen LogP contribution in [0.2, 0.25) is 0 Å². The average molecular weight is 707 g/mol. The lowest BCUT2D eigenvalue weighted by molar-refractivity contribution is 1.14. The zero-order valence-corrected chi connectivity index (χ0v) is 29.8. The van der Waals surface area contributed by atoms with Gasteiger partial charge in [-0.1, -0.05) is 96.7 Å². The summed E-state index contributed by atoms with van der Waals surface area (Å²) in [7, 11) is 0. The second-order valence-corrected chi connectivity index (χ2v) is 14.8. The van der Waals surface area contributed by atoms with Crippen molar-refractivity contribution in [2.24, 2.45) is 0 Å². The van der Waals surface area contributed by atoms with Crippen molar-refractivity contribution in [3.63, 3.8) is 0 Å². The summed E-state index contributed by atoms with van der Waals surface area (Å²) in [5.74, 6) is 0. The van der Waals surface area contributed by atoms with Crippen molar-refractivity contribution in [1.29, 1.82) is 5.26 Å². The molecule has 0 spiro atoms. The Bertz CT molecular complexity index is 3270. The van der Waals surface area contributed by atoms with Crippen LogP contribution in [0.3, 0.4) is 0 Å². The first-order valence-electron chi connectivity index (χ1n) is 18.1. The van der Waals surface area contributed by atoms with Crippen LogP contribution in [0.1, 0.15) is 5.56 Å². The normalized spacial score (nSPS) is 11.8. The smallest absolute Gasteiger partial charge is 0.0991 e. The largest absolute Gasteiger partial charge is 0.309 e. The van der Waals surface area contributed by atoms with Gasteiger partial charge in [0.2, 0.25) is 0 Å². The molecule has 0 aliphatic heterocycles. The van der Waals surface area contributed by atoms with Gasteiger partial charge in [0.25, 0.3) is 0 Å². The van der Waals surface area contributed by atoms with E-state index in [1.807, 2.05) is 24.3 Å². The van der Waals surface area contributed by atoms with E-state index >= 15 is 0 Å². The zero-order valence-electron chi connectivity index (χ0n) is 29.0. The van der Waals surface area contributed by atoms with Gasteiger partial charge in [-0.2, -0.15) is 5.26 Å². The summed E-state index contributed by atoms with van der Waals surface area (Å²) in [5.41, 5.74) is 11.1. The highest BCUT2D eigenvalue weighted by molar-refractivity contribution is 7.99. The lowest BCUT2D eigenvalue weighted by atomic mass is 10.0. The molecule has 0 radical (unpaired) electrons. The number of hydrogen-bond acceptors (Lipinski definition) is 2. The molecule has 0 fully saturated rings. The predicted molar refractivity (Wildman–Crippen MR) is 225 cm³/mol. The SMILES string of the molecule is N#Cc1ccc(Sc2ccc(-n3c4ccc5c(c6ccccc6n5-c5ccccc5)c4c4ccc5c6ccccc6n(-c6ccccc6)c5c43)cc2)cc1. The van der Waals surface area contributed by atoms with E-state index in [-0.39, 0.29) is 0 Å². The molecule has 0 saturated heterocycles. The number of hydrogen-bond donors (Lipinski definition) is 0. The molecule has 252 valence electrons. The summed E-state index contributed by atoms with van der Waals surface area (Å²) in [6, 6.07) is 67.2. The fraction of sp³-hybridized carbons (Fsp3) is 0. The molecule has 5 heteroatoms. The van der Waals surface area contributed by atoms with Crippen LogP contribution < -0.4 is 0 Å². The fourth-order valence-electron chi connectivity index (χ4n) is 8.46. The van der Waals surface area contributed by atoms with Gasteiger partial charge >= 0.3 is 0 Å². The van der Waals surface area contributed by atoms with E-state index in [2.05, 4.69) is 177 Å². The molecule has 0 amide bonds. The molecule has 3 aromatic heterocycles. The zero-order chi connectivity index (χ0) is 35.8. The molecule has 4 nitrogen and oxygen atoms in total. The van der Waals surface area contributed by atoms with Crippen LogP contribution in [0.5, 0.6) is 0 Å². The van der Waals surface area contributed by atoms with E-state index < -0.39 is 0 Å². The third-order valence-electron chi connectivity index (χ3n) is 10.7. The van der Waals surface area contributed by atoms with Crippen LogP contribution in [-0.4, -0.2) is 13.7 Å². The van der Waals surface area contributed by atoms with E-state index in [4.69, 9.17) is 0 Å². The average Bonchev–Trinajstić information content (AvgIpc) is 3.88. The lowest BCUT2D eigenvalue weighted by Crippen LogP contribution is -1.98. The topological polar surface area (TPSA) is 38.6 Å². The number of benzene rings is 8. The number of para-hydroxylation sites is 4. The third-order valence-corrected chi connectivity index (χ3v) is 11.7. The van der Waals surface area contributed by atoms with Crippen LogP contribution in [-0.2, 0) is 0 Å². The standard InChI is InChI=1S/C49H30N4S/c50-31-32-19-23-36(24-20-32)54-37-25-21-35(22-26-37)53-45-30-29-44-46(40-16-8-10-18-43(40)51(44)33-11-3-1-4-12-33)47(45)41-28-27-39-38-15-7-9-17-42(38)52(48(39)49(41)53)34-13-5-2-6-14-34/h1-30H. The highest BCUT2D eigenvalue weighted by atomic mass is 32.2. The van der Waals surface area contributed by atoms with E-state index in [1.165, 1.54) is 65.4 Å². The summed E-state index contributed by atoms with van der Waals surface area (Å²) >= 11 is 1.70. The highest BCUT2D eigenvalue weighted by Gasteiger charge is 2.24. The van der Waals surface area contributed by atoms with Gasteiger partial charge in [0.05, 0.1) is 44.7 Å². The molecule has 0 saturated carbocycles. The molecule has 0 N–H and O–H groups in total. The number of fused-ring (bicyclic) bond motifs is 11. The van der Waals surface area contributed by atoms with Crippen molar-refractivity contribution >= 4 is 77.2 Å². The van der Waals surface area contributed by atoms with E-state index in [0.29, 0.717) is 5.56 Å². The lowest BCUT2D eigenvalue weighted by Gasteiger charge is -2.13. The van der Waals surface area contributed by atoms with Crippen molar-refractivity contribution in [3.8, 4) is 23.1 Å². The molecule has 11 rings (SSSR count). The number of nitrogens with zero attached hydrogens (tertiary/aromatic N) is 4. The molecular weight excluding hydrogens is 677 g/mol. The van der Waals surface area contributed by atoms with Crippen molar-refractivity contribution in [2.75, 3.05) is 0 Å². The Balaban J connectivity index is 1.27. The predicted octanol–water partition coefficient (Wildman–Crippen LogP) is 13.0. The number of aromatic nitrogens is 3. The van der Waals surface area contributed by atoms with Gasteiger partial charge in [0.15, 0.2) is 0 Å². The van der Waals surface area contributed by atoms with Crippen LogP contribution in [0, 0.1) is 11.3 Å². The van der Waals surface area contributed by atoms with E-state index in [0.717, 1.165) is 26.9 Å². The number of nitriles is 1. The molecule has 3 heterocycles. The quantitative estimate of drug-likeness (QED) is 0.179. The summed E-state index contributed by atoms with van der Waals surface area (Å²) in [5, 5.41) is 16.7. The second kappa shape index (κ2) is 12.0. The van der Waals surface area contributed by atoms with Gasteiger partial charge < -0.3 is 13.7 Å². The van der Waals surface area contributed by atoms with Crippen molar-refractivity contribution < 1.29 is 0 Å². The second-order valence-electron chi connectivity index (χ2n) is 13.7. The summed E-state index contributed by atoms with van der Waals surface area (Å²) in [6.45, 7) is 0. The van der Waals surface area contributed by atoms with Gasteiger partial charge in [0, 0.05) is 59.2 Å². The van der Waals surface area contributed by atoms with Gasteiger partial charge in [0.1, 0.15) is 0 Å². The summed E-state index contributed by atoms with van der Waals surface area (Å²) < 4.78 is 7.33. The van der Waals surface area contributed by atoms with Gasteiger partial charge in [-0.05, 0) is 97.1 Å². The molecule has 0 aliphatic carbocycles. The van der Waals surface area contributed by atoms with Crippen molar-refractivity contribution in [3.05, 3.63) is 188 Å². The maximum Gasteiger partial charge on any atom is 0.0991 e. The maximum atomic E-state index is 9.28. The third kappa shape index (κ3) is 4.51. The Morgan fingerprint density at radius 2 is 0.815 bits per heavy atom. The van der Waals surface area contributed by atoms with Crippen LogP contribution >= 0.6 is 11.8 Å². The Morgan fingerprint density at radius 3 is 1.48 bits per heavy atom. The van der Waals surface area contributed by atoms with Crippen molar-refractivity contribution in [2.45, 2.75) is 9.79 Å². The van der Waals surface area contributed by atoms with Gasteiger partial charge in [-0.3, -0.25) is 0 Å². The summed E-state index contributed by atoms with van der Waals surface area (Å²) in [4.78, 5) is 2.24. The minimum atomic E-state index is 0.668. The number of rotatable bonds is 5. The first-order valence-corrected chi connectivity index (χ1v) is 18.9. The van der Waals surface area contributed by atoms with Gasteiger partial charge in [-0.25, -0.2) is 0 Å². The minimum Gasteiger partial charge on any atom is -0.309 e. The molecule has 0 atom stereocenters. The summed E-state index contributed by atoms with van der Waals surface area (Å²) in [6.07, 6.45) is 0. The molecule has 0 unspecified atom stereocenters. The van der Waals surface area contributed by atoms with Crippen molar-refractivity contribution in [1.82, 2.24) is 13.7 Å². The molecule has 11 aromatic rings. The highest BCUT2D eigenvalue weighted by Crippen LogP contribution is 2.46. The maximum absolute atomic E-state index is 9.28. The molecule has 8 aromatic carbocycles. The molecule has 0 bridgehead atoms. The monoisotopic (exact) mass is 706 g/mol. The molecular formula is C49H30N4S.